The Morgan fingerprint density at radius 1 is 1.17 bits per heavy atom. The Labute approximate surface area is 107 Å². The molecule has 0 fully saturated rings. The summed E-state index contributed by atoms with van der Waals surface area (Å²) in [5, 5.41) is 4.20. The number of ketones is 1. The van der Waals surface area contributed by atoms with Crippen molar-refractivity contribution < 1.29 is 4.79 Å². The molecule has 1 heterocycles. The van der Waals surface area contributed by atoms with Gasteiger partial charge in [-0.2, -0.15) is 5.10 Å². The van der Waals surface area contributed by atoms with Crippen molar-refractivity contribution in [1.82, 2.24) is 9.78 Å². The number of nitrogens with zero attached hydrogens (tertiary/aromatic N) is 2. The molecule has 0 aliphatic rings. The summed E-state index contributed by atoms with van der Waals surface area (Å²) < 4.78 is 1.68. The second-order valence-electron chi connectivity index (χ2n) is 4.90. The first-order valence-corrected chi connectivity index (χ1v) is 6.06. The molecule has 2 aromatic rings. The first-order valence-electron chi connectivity index (χ1n) is 6.06. The summed E-state index contributed by atoms with van der Waals surface area (Å²) in [5.74, 6) is 0.130. The maximum atomic E-state index is 12.2. The average molecular weight is 242 g/mol. The van der Waals surface area contributed by atoms with E-state index in [0.717, 1.165) is 16.8 Å². The van der Waals surface area contributed by atoms with E-state index >= 15 is 0 Å². The highest BCUT2D eigenvalue weighted by molar-refractivity contribution is 5.98. The van der Waals surface area contributed by atoms with E-state index < -0.39 is 0 Å². The molecule has 0 spiro atoms. The van der Waals surface area contributed by atoms with Gasteiger partial charge in [0.1, 0.15) is 0 Å². The summed E-state index contributed by atoms with van der Waals surface area (Å²) >= 11 is 0. The molecule has 2 rings (SSSR count). The molecule has 18 heavy (non-hydrogen) atoms. The highest BCUT2D eigenvalue weighted by Gasteiger charge is 2.13. The Morgan fingerprint density at radius 2 is 1.78 bits per heavy atom. The maximum Gasteiger partial charge on any atom is 0.170 e. The summed E-state index contributed by atoms with van der Waals surface area (Å²) in [7, 11) is 1.83. The monoisotopic (exact) mass is 242 g/mol. The van der Waals surface area contributed by atoms with E-state index in [2.05, 4.69) is 37.1 Å². The van der Waals surface area contributed by atoms with Gasteiger partial charge in [-0.25, -0.2) is 0 Å². The molecule has 0 radical (unpaired) electrons. The Balaban J connectivity index is 2.23. The van der Waals surface area contributed by atoms with Crippen molar-refractivity contribution in [1.29, 1.82) is 0 Å². The molecule has 0 bridgehead atoms. The average Bonchev–Trinajstić information content (AvgIpc) is 2.56. The first kappa shape index (κ1) is 12.6. The van der Waals surface area contributed by atoms with Crippen LogP contribution in [0.3, 0.4) is 0 Å². The number of carbonyl (C=O) groups excluding carboxylic acids is 1. The standard InChI is InChI=1S/C15H18N2O/c1-10-5-11(2)7-13(6-10)8-15(18)14-9-17(4)16-12(14)3/h5-7,9H,8H2,1-4H3. The molecule has 0 saturated heterocycles. The van der Waals surface area contributed by atoms with Crippen LogP contribution < -0.4 is 0 Å². The zero-order chi connectivity index (χ0) is 13.3. The smallest absolute Gasteiger partial charge is 0.170 e. The van der Waals surface area contributed by atoms with Gasteiger partial charge >= 0.3 is 0 Å². The van der Waals surface area contributed by atoms with Crippen molar-refractivity contribution in [2.24, 2.45) is 7.05 Å². The van der Waals surface area contributed by atoms with Crippen molar-refractivity contribution >= 4 is 5.78 Å². The highest BCUT2D eigenvalue weighted by Crippen LogP contribution is 2.13. The van der Waals surface area contributed by atoms with Gasteiger partial charge in [0.05, 0.1) is 11.3 Å². The highest BCUT2D eigenvalue weighted by atomic mass is 16.1. The van der Waals surface area contributed by atoms with E-state index in [0.29, 0.717) is 6.42 Å². The third-order valence-corrected chi connectivity index (χ3v) is 2.96. The topological polar surface area (TPSA) is 34.9 Å². The van der Waals surface area contributed by atoms with Crippen molar-refractivity contribution in [2.75, 3.05) is 0 Å². The fourth-order valence-corrected chi connectivity index (χ4v) is 2.33. The number of benzene rings is 1. The number of aromatic nitrogens is 2. The van der Waals surface area contributed by atoms with Crippen LogP contribution in [-0.2, 0) is 13.5 Å². The van der Waals surface area contributed by atoms with E-state index in [1.54, 1.807) is 10.9 Å². The molecule has 0 aliphatic carbocycles. The predicted molar refractivity (Wildman–Crippen MR) is 71.9 cm³/mol. The van der Waals surface area contributed by atoms with E-state index in [9.17, 15) is 4.79 Å². The van der Waals surface area contributed by atoms with Gasteiger partial charge in [-0.3, -0.25) is 9.48 Å². The third kappa shape index (κ3) is 2.67. The van der Waals surface area contributed by atoms with Crippen LogP contribution in [-0.4, -0.2) is 15.6 Å². The van der Waals surface area contributed by atoms with Gasteiger partial charge in [0.15, 0.2) is 5.78 Å². The van der Waals surface area contributed by atoms with Gasteiger partial charge in [-0.15, -0.1) is 0 Å². The van der Waals surface area contributed by atoms with Crippen molar-refractivity contribution in [2.45, 2.75) is 27.2 Å². The number of hydrogen-bond donors (Lipinski definition) is 0. The van der Waals surface area contributed by atoms with Crippen LogP contribution in [0.4, 0.5) is 0 Å². The van der Waals surface area contributed by atoms with Crippen LogP contribution in [0.2, 0.25) is 0 Å². The quantitative estimate of drug-likeness (QED) is 0.776. The largest absolute Gasteiger partial charge is 0.294 e. The number of hydrogen-bond acceptors (Lipinski definition) is 2. The zero-order valence-corrected chi connectivity index (χ0v) is 11.3. The SMILES string of the molecule is Cc1cc(C)cc(CC(=O)c2cn(C)nc2C)c1. The summed E-state index contributed by atoms with van der Waals surface area (Å²) in [6.07, 6.45) is 2.23. The number of carbonyl (C=O) groups is 1. The van der Waals surface area contributed by atoms with Crippen LogP contribution >= 0.6 is 0 Å². The van der Waals surface area contributed by atoms with Crippen LogP contribution in [0.25, 0.3) is 0 Å². The third-order valence-electron chi connectivity index (χ3n) is 2.96. The minimum absolute atomic E-state index is 0.130. The lowest BCUT2D eigenvalue weighted by atomic mass is 10.0. The molecule has 0 atom stereocenters. The second kappa shape index (κ2) is 4.77. The van der Waals surface area contributed by atoms with Crippen molar-refractivity contribution in [3.05, 3.63) is 52.3 Å². The van der Waals surface area contributed by atoms with Gasteiger partial charge < -0.3 is 0 Å². The fraction of sp³-hybridized carbons (Fsp3) is 0.333. The summed E-state index contributed by atoms with van der Waals surface area (Å²) in [5.41, 5.74) is 4.98. The molecule has 0 amide bonds. The molecule has 0 saturated carbocycles. The molecule has 94 valence electrons. The van der Waals surface area contributed by atoms with Crippen LogP contribution in [0.5, 0.6) is 0 Å². The number of aryl methyl sites for hydroxylation is 4. The first-order chi connectivity index (χ1) is 8.45. The molecule has 3 heteroatoms. The molecule has 0 aliphatic heterocycles. The lowest BCUT2D eigenvalue weighted by Crippen LogP contribution is -2.04. The molecular weight excluding hydrogens is 224 g/mol. The number of rotatable bonds is 3. The van der Waals surface area contributed by atoms with Crippen LogP contribution in [0.15, 0.2) is 24.4 Å². The Morgan fingerprint density at radius 3 is 2.28 bits per heavy atom. The molecule has 1 aromatic carbocycles. The Kier molecular flexibility index (Phi) is 3.32. The van der Waals surface area contributed by atoms with Crippen LogP contribution in [0, 0.1) is 20.8 Å². The Bertz CT molecular complexity index is 576. The summed E-state index contributed by atoms with van der Waals surface area (Å²) in [4.78, 5) is 12.2. The van der Waals surface area contributed by atoms with E-state index in [1.165, 1.54) is 11.1 Å². The van der Waals surface area contributed by atoms with Crippen molar-refractivity contribution in [3.63, 3.8) is 0 Å². The van der Waals surface area contributed by atoms with Gasteiger partial charge in [-0.05, 0) is 26.3 Å². The summed E-state index contributed by atoms with van der Waals surface area (Å²) in [6, 6.07) is 6.25. The minimum Gasteiger partial charge on any atom is -0.294 e. The molecule has 0 N–H and O–H groups in total. The van der Waals surface area contributed by atoms with Gasteiger partial charge in [0.2, 0.25) is 0 Å². The number of Topliss-reactive ketones (excluding diaryl/α,β-unsaturated/α-hetero) is 1. The van der Waals surface area contributed by atoms with Crippen LogP contribution in [0.1, 0.15) is 32.7 Å². The fourth-order valence-electron chi connectivity index (χ4n) is 2.33. The Hall–Kier alpha value is -1.90. The lowest BCUT2D eigenvalue weighted by molar-refractivity contribution is 0.0992. The van der Waals surface area contributed by atoms with E-state index in [1.807, 2.05) is 14.0 Å². The maximum absolute atomic E-state index is 12.2. The lowest BCUT2D eigenvalue weighted by Gasteiger charge is -2.04. The second-order valence-corrected chi connectivity index (χ2v) is 4.90. The summed E-state index contributed by atoms with van der Waals surface area (Å²) in [6.45, 7) is 5.97. The van der Waals surface area contributed by atoms with Crippen molar-refractivity contribution in [3.8, 4) is 0 Å². The normalized spacial score (nSPS) is 10.7. The molecule has 3 nitrogen and oxygen atoms in total. The predicted octanol–water partition coefficient (Wildman–Crippen LogP) is 2.77. The minimum atomic E-state index is 0.130. The van der Waals surface area contributed by atoms with E-state index in [-0.39, 0.29) is 5.78 Å². The molecule has 1 aromatic heterocycles. The van der Waals surface area contributed by atoms with Gasteiger partial charge in [0, 0.05) is 19.7 Å². The van der Waals surface area contributed by atoms with Gasteiger partial charge in [-0.1, -0.05) is 29.3 Å². The zero-order valence-electron chi connectivity index (χ0n) is 11.3. The molecular formula is C15H18N2O. The van der Waals surface area contributed by atoms with E-state index in [4.69, 9.17) is 0 Å². The van der Waals surface area contributed by atoms with Gasteiger partial charge in [0.25, 0.3) is 0 Å². The molecule has 0 unspecified atom stereocenters.